The highest BCUT2D eigenvalue weighted by Gasteiger charge is 2.22. The van der Waals surface area contributed by atoms with Crippen LogP contribution in [-0.2, 0) is 4.74 Å². The Hall–Kier alpha value is -0.870. The highest BCUT2D eigenvalue weighted by Crippen LogP contribution is 2.23. The number of nitrogens with zero attached hydrogens (tertiary/aromatic N) is 3. The molecule has 0 amide bonds. The maximum atomic E-state index is 5.94. The molecule has 0 aliphatic carbocycles. The van der Waals surface area contributed by atoms with Gasteiger partial charge in [-0.3, -0.25) is 0 Å². The fourth-order valence-corrected chi connectivity index (χ4v) is 1.79. The van der Waals surface area contributed by atoms with Crippen LogP contribution in [0.25, 0.3) is 0 Å². The van der Waals surface area contributed by atoms with E-state index < -0.39 is 0 Å². The molecule has 0 radical (unpaired) electrons. The summed E-state index contributed by atoms with van der Waals surface area (Å²) in [6.07, 6.45) is 4.25. The second-order valence-electron chi connectivity index (χ2n) is 3.30. The molecule has 0 spiro atoms. The van der Waals surface area contributed by atoms with Gasteiger partial charge in [-0.2, -0.15) is 0 Å². The number of anilines is 1. The van der Waals surface area contributed by atoms with Crippen molar-refractivity contribution in [2.75, 3.05) is 25.2 Å². The van der Waals surface area contributed by atoms with Crippen molar-refractivity contribution < 1.29 is 4.74 Å². The molecular weight excluding hydrogens is 202 g/mol. The van der Waals surface area contributed by atoms with Gasteiger partial charge < -0.3 is 9.64 Å². The van der Waals surface area contributed by atoms with E-state index in [1.807, 2.05) is 11.9 Å². The average molecular weight is 214 g/mol. The number of likely N-dealkylation sites (N-methyl/N-ethyl adjacent to an activating group) is 1. The zero-order chi connectivity index (χ0) is 9.97. The standard InChI is InChI=1S/C9H12ClN3O/c1-13(7-2-5-14-6-7)9-8(10)11-3-4-12-9/h3-4,7H,2,5-6H2,1H3/t7-/m1/s1. The van der Waals surface area contributed by atoms with E-state index in [1.54, 1.807) is 12.4 Å². The smallest absolute Gasteiger partial charge is 0.171 e. The summed E-state index contributed by atoms with van der Waals surface area (Å²) in [6, 6.07) is 0.365. The highest BCUT2D eigenvalue weighted by atomic mass is 35.5. The minimum Gasteiger partial charge on any atom is -0.379 e. The molecule has 14 heavy (non-hydrogen) atoms. The fourth-order valence-electron chi connectivity index (χ4n) is 1.55. The van der Waals surface area contributed by atoms with Crippen LogP contribution in [0.2, 0.25) is 5.15 Å². The van der Waals surface area contributed by atoms with Crippen LogP contribution in [0.3, 0.4) is 0 Å². The molecule has 1 aromatic rings. The number of rotatable bonds is 2. The van der Waals surface area contributed by atoms with Gasteiger partial charge in [-0.1, -0.05) is 11.6 Å². The first-order valence-corrected chi connectivity index (χ1v) is 4.94. The lowest BCUT2D eigenvalue weighted by molar-refractivity contribution is 0.193. The zero-order valence-electron chi connectivity index (χ0n) is 7.98. The Bertz CT molecular complexity index is 315. The molecule has 1 aliphatic heterocycles. The molecular formula is C9H12ClN3O. The normalized spacial score (nSPS) is 21.1. The van der Waals surface area contributed by atoms with Crippen molar-refractivity contribution in [2.45, 2.75) is 12.5 Å². The lowest BCUT2D eigenvalue weighted by Crippen LogP contribution is -2.32. The van der Waals surface area contributed by atoms with Crippen LogP contribution in [0.4, 0.5) is 5.82 Å². The van der Waals surface area contributed by atoms with Crippen molar-refractivity contribution in [1.82, 2.24) is 9.97 Å². The third kappa shape index (κ3) is 1.81. The van der Waals surface area contributed by atoms with Crippen LogP contribution in [0, 0.1) is 0 Å². The molecule has 0 saturated carbocycles. The van der Waals surface area contributed by atoms with Gasteiger partial charge in [0.1, 0.15) is 0 Å². The third-order valence-electron chi connectivity index (χ3n) is 2.42. The van der Waals surface area contributed by atoms with Crippen molar-refractivity contribution >= 4 is 17.4 Å². The summed E-state index contributed by atoms with van der Waals surface area (Å²) in [5.74, 6) is 0.727. The molecule has 5 heteroatoms. The largest absolute Gasteiger partial charge is 0.379 e. The van der Waals surface area contributed by atoms with Crippen LogP contribution < -0.4 is 4.90 Å². The molecule has 0 N–H and O–H groups in total. The van der Waals surface area contributed by atoms with Gasteiger partial charge in [0.25, 0.3) is 0 Å². The Labute approximate surface area is 87.9 Å². The van der Waals surface area contributed by atoms with Crippen molar-refractivity contribution in [1.29, 1.82) is 0 Å². The van der Waals surface area contributed by atoms with E-state index in [1.165, 1.54) is 0 Å². The van der Waals surface area contributed by atoms with Gasteiger partial charge in [0.05, 0.1) is 12.6 Å². The first-order valence-electron chi connectivity index (χ1n) is 4.56. The number of ether oxygens (including phenoxy) is 1. The van der Waals surface area contributed by atoms with Gasteiger partial charge >= 0.3 is 0 Å². The Morgan fingerprint density at radius 3 is 2.93 bits per heavy atom. The van der Waals surface area contributed by atoms with Crippen molar-refractivity contribution in [3.8, 4) is 0 Å². The van der Waals surface area contributed by atoms with E-state index in [4.69, 9.17) is 16.3 Å². The predicted molar refractivity (Wildman–Crippen MR) is 54.7 cm³/mol. The van der Waals surface area contributed by atoms with E-state index in [-0.39, 0.29) is 0 Å². The zero-order valence-corrected chi connectivity index (χ0v) is 8.74. The Morgan fingerprint density at radius 1 is 1.50 bits per heavy atom. The summed E-state index contributed by atoms with van der Waals surface area (Å²) in [6.45, 7) is 1.55. The maximum Gasteiger partial charge on any atom is 0.171 e. The minimum atomic E-state index is 0.365. The molecule has 0 unspecified atom stereocenters. The first-order chi connectivity index (χ1) is 6.79. The second-order valence-corrected chi connectivity index (χ2v) is 3.66. The molecule has 1 aliphatic rings. The third-order valence-corrected chi connectivity index (χ3v) is 2.69. The SMILES string of the molecule is CN(c1nccnc1Cl)[C@@H]1CCOC1. The van der Waals surface area contributed by atoms with E-state index in [0.29, 0.717) is 11.2 Å². The number of hydrogen-bond acceptors (Lipinski definition) is 4. The Balaban J connectivity index is 2.17. The average Bonchev–Trinajstić information content (AvgIpc) is 2.70. The minimum absolute atomic E-state index is 0.365. The summed E-state index contributed by atoms with van der Waals surface area (Å²) < 4.78 is 5.31. The van der Waals surface area contributed by atoms with E-state index in [9.17, 15) is 0 Å². The van der Waals surface area contributed by atoms with Gasteiger partial charge in [-0.05, 0) is 6.42 Å². The van der Waals surface area contributed by atoms with Gasteiger partial charge in [-0.25, -0.2) is 9.97 Å². The number of hydrogen-bond donors (Lipinski definition) is 0. The Kier molecular flexibility index (Phi) is 2.84. The molecule has 76 valence electrons. The summed E-state index contributed by atoms with van der Waals surface area (Å²) in [4.78, 5) is 10.2. The van der Waals surface area contributed by atoms with Crippen LogP contribution in [0.15, 0.2) is 12.4 Å². The summed E-state index contributed by atoms with van der Waals surface area (Å²) in [5, 5.41) is 0.446. The molecule has 1 fully saturated rings. The number of aromatic nitrogens is 2. The van der Waals surface area contributed by atoms with Crippen LogP contribution in [0.1, 0.15) is 6.42 Å². The highest BCUT2D eigenvalue weighted by molar-refractivity contribution is 6.31. The van der Waals surface area contributed by atoms with E-state index in [2.05, 4.69) is 9.97 Å². The monoisotopic (exact) mass is 213 g/mol. The van der Waals surface area contributed by atoms with Gasteiger partial charge in [0, 0.05) is 26.0 Å². The molecule has 0 bridgehead atoms. The molecule has 1 saturated heterocycles. The van der Waals surface area contributed by atoms with Crippen LogP contribution >= 0.6 is 11.6 Å². The molecule has 4 nitrogen and oxygen atoms in total. The van der Waals surface area contributed by atoms with Crippen molar-refractivity contribution in [2.24, 2.45) is 0 Å². The van der Waals surface area contributed by atoms with Crippen LogP contribution in [0.5, 0.6) is 0 Å². The molecule has 0 aromatic carbocycles. The molecule has 2 heterocycles. The topological polar surface area (TPSA) is 38.2 Å². The van der Waals surface area contributed by atoms with Gasteiger partial charge in [-0.15, -0.1) is 0 Å². The summed E-state index contributed by atoms with van der Waals surface area (Å²) in [7, 11) is 1.97. The first kappa shape index (κ1) is 9.68. The lowest BCUT2D eigenvalue weighted by Gasteiger charge is -2.24. The van der Waals surface area contributed by atoms with Gasteiger partial charge in [0.2, 0.25) is 0 Å². The van der Waals surface area contributed by atoms with Gasteiger partial charge in [0.15, 0.2) is 11.0 Å². The summed E-state index contributed by atoms with van der Waals surface area (Å²) >= 11 is 5.94. The van der Waals surface area contributed by atoms with E-state index in [0.717, 1.165) is 25.5 Å². The van der Waals surface area contributed by atoms with Crippen molar-refractivity contribution in [3.63, 3.8) is 0 Å². The molecule has 1 aromatic heterocycles. The second kappa shape index (κ2) is 4.11. The molecule has 1 atom stereocenters. The predicted octanol–water partition coefficient (Wildman–Crippen LogP) is 1.36. The number of halogens is 1. The Morgan fingerprint density at radius 2 is 2.29 bits per heavy atom. The summed E-state index contributed by atoms with van der Waals surface area (Å²) in [5.41, 5.74) is 0. The van der Waals surface area contributed by atoms with Crippen molar-refractivity contribution in [3.05, 3.63) is 17.5 Å². The van der Waals surface area contributed by atoms with Crippen LogP contribution in [-0.4, -0.2) is 36.3 Å². The molecule has 2 rings (SSSR count). The quantitative estimate of drug-likeness (QED) is 0.744. The fraction of sp³-hybridized carbons (Fsp3) is 0.556. The maximum absolute atomic E-state index is 5.94. The lowest BCUT2D eigenvalue weighted by atomic mass is 10.2. The van der Waals surface area contributed by atoms with E-state index >= 15 is 0 Å².